The molecule has 0 bridgehead atoms. The number of aliphatic imine (C=N–C) groups is 2. The Bertz CT molecular complexity index is 529. The van der Waals surface area contributed by atoms with Crippen LogP contribution in [0, 0.1) is 0 Å². The minimum Gasteiger partial charge on any atom is -0.468 e. The van der Waals surface area contributed by atoms with Crippen LogP contribution in [0.5, 0.6) is 0 Å². The van der Waals surface area contributed by atoms with Crippen LogP contribution in [0.1, 0.15) is 33.6 Å². The molecular formula is C14H21N3O6. The molecule has 9 heteroatoms. The van der Waals surface area contributed by atoms with Crippen molar-refractivity contribution in [3.8, 4) is 0 Å². The van der Waals surface area contributed by atoms with Gasteiger partial charge in [0.15, 0.2) is 0 Å². The molecule has 0 fully saturated rings. The summed E-state index contributed by atoms with van der Waals surface area (Å²) in [5.41, 5.74) is 0. The van der Waals surface area contributed by atoms with Gasteiger partial charge in [-0.3, -0.25) is 14.4 Å². The number of carbonyl (C=O) groups excluding carboxylic acids is 3. The van der Waals surface area contributed by atoms with Crippen LogP contribution in [-0.2, 0) is 28.6 Å². The van der Waals surface area contributed by atoms with Crippen LogP contribution in [0.4, 0.5) is 0 Å². The zero-order valence-electron chi connectivity index (χ0n) is 13.7. The van der Waals surface area contributed by atoms with Crippen molar-refractivity contribution in [1.29, 1.82) is 0 Å². The number of hydrogen-bond donors (Lipinski definition) is 0. The molecule has 0 aromatic rings. The van der Waals surface area contributed by atoms with E-state index in [-0.39, 0.29) is 31.5 Å². The Hall–Kier alpha value is -2.45. The van der Waals surface area contributed by atoms with Crippen molar-refractivity contribution >= 4 is 29.7 Å². The smallest absolute Gasteiger partial charge is 0.315 e. The van der Waals surface area contributed by atoms with Gasteiger partial charge in [0.25, 0.3) is 0 Å². The summed E-state index contributed by atoms with van der Waals surface area (Å²) in [6, 6.07) is -0.0268. The molecule has 0 aromatic carbocycles. The molecular weight excluding hydrogens is 306 g/mol. The Morgan fingerprint density at radius 1 is 1.13 bits per heavy atom. The van der Waals surface area contributed by atoms with E-state index < -0.39 is 30.4 Å². The molecule has 1 heterocycles. The number of nitrogens with zero attached hydrogens (tertiary/aromatic N) is 3. The summed E-state index contributed by atoms with van der Waals surface area (Å²) in [4.78, 5) is 44.5. The number of esters is 2. The Morgan fingerprint density at radius 3 is 2.30 bits per heavy atom. The zero-order chi connectivity index (χ0) is 17.4. The molecule has 1 atom stereocenters. The molecule has 128 valence electrons. The first-order valence-corrected chi connectivity index (χ1v) is 7.25. The lowest BCUT2D eigenvalue weighted by Crippen LogP contribution is -2.47. The highest BCUT2D eigenvalue weighted by Crippen LogP contribution is 2.14. The maximum atomic E-state index is 12.2. The van der Waals surface area contributed by atoms with Gasteiger partial charge in [-0.15, -0.1) is 0 Å². The van der Waals surface area contributed by atoms with E-state index in [0.717, 1.165) is 4.90 Å². The fourth-order valence-electron chi connectivity index (χ4n) is 1.93. The van der Waals surface area contributed by atoms with E-state index in [1.54, 1.807) is 20.8 Å². The fourth-order valence-corrected chi connectivity index (χ4v) is 1.93. The Morgan fingerprint density at radius 2 is 1.74 bits per heavy atom. The van der Waals surface area contributed by atoms with Crippen molar-refractivity contribution in [3.63, 3.8) is 0 Å². The third kappa shape index (κ3) is 5.35. The first-order chi connectivity index (χ1) is 10.9. The summed E-state index contributed by atoms with van der Waals surface area (Å²) in [7, 11) is 1.34. The number of ether oxygens (including phenoxy) is 3. The fraction of sp³-hybridized carbons (Fsp3) is 0.643. The maximum absolute atomic E-state index is 12.2. The molecule has 0 saturated carbocycles. The number of hydrogen-bond acceptors (Lipinski definition) is 8. The molecule has 0 saturated heterocycles. The van der Waals surface area contributed by atoms with Crippen LogP contribution in [-0.4, -0.2) is 61.1 Å². The van der Waals surface area contributed by atoms with Gasteiger partial charge in [-0.2, -0.15) is 4.99 Å². The van der Waals surface area contributed by atoms with Gasteiger partial charge in [0.1, 0.15) is 24.8 Å². The molecule has 9 nitrogen and oxygen atoms in total. The van der Waals surface area contributed by atoms with Crippen molar-refractivity contribution in [1.82, 2.24) is 4.90 Å². The Labute approximate surface area is 134 Å². The van der Waals surface area contributed by atoms with Gasteiger partial charge in [0.2, 0.25) is 5.91 Å². The molecule has 1 aliphatic heterocycles. The second kappa shape index (κ2) is 8.86. The van der Waals surface area contributed by atoms with E-state index >= 15 is 0 Å². The average molecular weight is 327 g/mol. The normalized spacial score (nSPS) is 17.0. The van der Waals surface area contributed by atoms with Crippen molar-refractivity contribution in [2.75, 3.05) is 20.3 Å². The Balaban J connectivity index is 2.83. The van der Waals surface area contributed by atoms with Gasteiger partial charge in [-0.25, -0.2) is 9.89 Å². The van der Waals surface area contributed by atoms with Gasteiger partial charge in [0, 0.05) is 0 Å². The predicted octanol–water partition coefficient (Wildman–Crippen LogP) is 0.482. The lowest BCUT2D eigenvalue weighted by molar-refractivity contribution is -0.148. The summed E-state index contributed by atoms with van der Waals surface area (Å²) in [6.45, 7) is 5.42. The second-order valence-electron chi connectivity index (χ2n) is 4.50. The lowest BCUT2D eigenvalue weighted by Gasteiger charge is -2.29. The van der Waals surface area contributed by atoms with Gasteiger partial charge >= 0.3 is 18.0 Å². The standard InChI is InChI=1S/C14H21N3O6/c1-5-22-12(19)7-10-15-9(3)17(14(16-10)21-4)11(18)8-13(20)23-6-2/h9H,5-8H2,1-4H3. The third-order valence-corrected chi connectivity index (χ3v) is 2.80. The summed E-state index contributed by atoms with van der Waals surface area (Å²) in [6.07, 6.45) is -1.22. The summed E-state index contributed by atoms with van der Waals surface area (Å²) in [5, 5.41) is 0. The topological polar surface area (TPSA) is 107 Å². The van der Waals surface area contributed by atoms with E-state index in [2.05, 4.69) is 9.98 Å². The molecule has 1 aliphatic rings. The van der Waals surface area contributed by atoms with Crippen LogP contribution >= 0.6 is 0 Å². The first kappa shape index (κ1) is 18.6. The molecule has 0 spiro atoms. The van der Waals surface area contributed by atoms with E-state index in [9.17, 15) is 14.4 Å². The van der Waals surface area contributed by atoms with Crippen molar-refractivity contribution in [2.45, 2.75) is 39.8 Å². The maximum Gasteiger partial charge on any atom is 0.315 e. The van der Waals surface area contributed by atoms with E-state index in [1.807, 2.05) is 0 Å². The predicted molar refractivity (Wildman–Crippen MR) is 80.7 cm³/mol. The molecule has 1 rings (SSSR count). The minimum atomic E-state index is -0.659. The monoisotopic (exact) mass is 327 g/mol. The second-order valence-corrected chi connectivity index (χ2v) is 4.50. The molecule has 0 aliphatic carbocycles. The average Bonchev–Trinajstić information content (AvgIpc) is 2.46. The number of methoxy groups -OCH3 is 1. The molecule has 1 unspecified atom stereocenters. The van der Waals surface area contributed by atoms with Crippen LogP contribution in [0.15, 0.2) is 9.98 Å². The quantitative estimate of drug-likeness (QED) is 0.519. The molecule has 23 heavy (non-hydrogen) atoms. The van der Waals surface area contributed by atoms with Gasteiger partial charge in [0.05, 0.1) is 20.3 Å². The highest BCUT2D eigenvalue weighted by atomic mass is 16.5. The summed E-state index contributed by atoms with van der Waals surface area (Å²) < 4.78 is 14.7. The molecule has 1 amide bonds. The van der Waals surface area contributed by atoms with Crippen LogP contribution < -0.4 is 0 Å². The van der Waals surface area contributed by atoms with E-state index in [1.165, 1.54) is 7.11 Å². The number of rotatable bonds is 6. The molecule has 0 aromatic heterocycles. The summed E-state index contributed by atoms with van der Waals surface area (Å²) >= 11 is 0. The third-order valence-electron chi connectivity index (χ3n) is 2.80. The van der Waals surface area contributed by atoms with Crippen LogP contribution in [0.3, 0.4) is 0 Å². The van der Waals surface area contributed by atoms with Crippen LogP contribution in [0.25, 0.3) is 0 Å². The zero-order valence-corrected chi connectivity index (χ0v) is 13.7. The van der Waals surface area contributed by atoms with E-state index in [0.29, 0.717) is 0 Å². The van der Waals surface area contributed by atoms with E-state index in [4.69, 9.17) is 14.2 Å². The molecule has 0 N–H and O–H groups in total. The number of carbonyl (C=O) groups is 3. The number of amidine groups is 2. The first-order valence-electron chi connectivity index (χ1n) is 7.25. The van der Waals surface area contributed by atoms with Gasteiger partial charge in [-0.05, 0) is 20.8 Å². The largest absolute Gasteiger partial charge is 0.468 e. The van der Waals surface area contributed by atoms with Crippen LogP contribution in [0.2, 0.25) is 0 Å². The lowest BCUT2D eigenvalue weighted by atomic mass is 10.3. The van der Waals surface area contributed by atoms with Crippen molar-refractivity contribution in [2.24, 2.45) is 9.98 Å². The highest BCUT2D eigenvalue weighted by Gasteiger charge is 2.32. The van der Waals surface area contributed by atoms with Gasteiger partial charge in [-0.1, -0.05) is 0 Å². The highest BCUT2D eigenvalue weighted by molar-refractivity contribution is 6.09. The number of amides is 1. The van der Waals surface area contributed by atoms with Crippen molar-refractivity contribution in [3.05, 3.63) is 0 Å². The van der Waals surface area contributed by atoms with Gasteiger partial charge < -0.3 is 14.2 Å². The Kier molecular flexibility index (Phi) is 7.17. The SMILES string of the molecule is CCOC(=O)CC(=O)N1C(OC)=NC(CC(=O)OCC)=NC1C. The minimum absolute atomic E-state index is 0.0268. The van der Waals surface area contributed by atoms with Crippen molar-refractivity contribution < 1.29 is 28.6 Å². The molecule has 0 radical (unpaired) electrons. The summed E-state index contributed by atoms with van der Waals surface area (Å²) in [5.74, 6) is -1.45.